The lowest BCUT2D eigenvalue weighted by Gasteiger charge is -2.23. The number of nitrogens with one attached hydrogen (secondary N) is 1. The molecule has 1 rings (SSSR count). The van der Waals surface area contributed by atoms with Crippen LogP contribution in [0.5, 0.6) is 0 Å². The maximum absolute atomic E-state index is 13.4. The number of alkyl halides is 1. The number of aliphatic hydroxyl groups is 1. The summed E-state index contributed by atoms with van der Waals surface area (Å²) in [5, 5.41) is 13.0. The Morgan fingerprint density at radius 3 is 2.33 bits per heavy atom. The van der Waals surface area contributed by atoms with Gasteiger partial charge in [-0.3, -0.25) is 4.79 Å². The summed E-state index contributed by atoms with van der Waals surface area (Å²) >= 11 is 5.74. The molecule has 0 aliphatic heterocycles. The van der Waals surface area contributed by atoms with Gasteiger partial charge in [-0.1, -0.05) is 23.7 Å². The molecule has 0 saturated heterocycles. The van der Waals surface area contributed by atoms with Crippen molar-refractivity contribution >= 4 is 17.5 Å². The number of hydrogen-bond donors (Lipinski definition) is 2. The largest absolute Gasteiger partial charge is 0.386 e. The number of amides is 1. The van der Waals surface area contributed by atoms with Crippen molar-refractivity contribution in [3.8, 4) is 0 Å². The van der Waals surface area contributed by atoms with Gasteiger partial charge in [0.25, 0.3) is 5.91 Å². The highest BCUT2D eigenvalue weighted by Crippen LogP contribution is 2.20. The number of benzene rings is 1. The SMILES string of the molecule is CC(NC(=O)C(C)(C)F)C(O)c1ccc(Cl)cc1. The fourth-order valence-electron chi connectivity index (χ4n) is 1.41. The van der Waals surface area contributed by atoms with Crippen LogP contribution in [0.4, 0.5) is 4.39 Å². The van der Waals surface area contributed by atoms with E-state index in [2.05, 4.69) is 5.32 Å². The van der Waals surface area contributed by atoms with E-state index >= 15 is 0 Å². The molecule has 0 fully saturated rings. The normalized spacial score (nSPS) is 15.0. The molecule has 0 radical (unpaired) electrons. The van der Waals surface area contributed by atoms with Gasteiger partial charge in [0.15, 0.2) is 5.67 Å². The van der Waals surface area contributed by atoms with Crippen molar-refractivity contribution in [3.63, 3.8) is 0 Å². The molecular formula is C13H17ClFNO2. The Labute approximate surface area is 111 Å². The van der Waals surface area contributed by atoms with Gasteiger partial charge in [-0.25, -0.2) is 4.39 Å². The number of carbonyl (C=O) groups is 1. The van der Waals surface area contributed by atoms with Gasteiger partial charge in [-0.15, -0.1) is 0 Å². The number of rotatable bonds is 4. The van der Waals surface area contributed by atoms with Crippen molar-refractivity contribution in [2.24, 2.45) is 0 Å². The lowest BCUT2D eigenvalue weighted by Crippen LogP contribution is -2.45. The van der Waals surface area contributed by atoms with Crippen LogP contribution in [0.1, 0.15) is 32.4 Å². The maximum atomic E-state index is 13.4. The van der Waals surface area contributed by atoms with E-state index in [0.29, 0.717) is 10.6 Å². The molecule has 1 aromatic carbocycles. The minimum absolute atomic E-state index is 0.563. The van der Waals surface area contributed by atoms with Crippen molar-refractivity contribution in [2.45, 2.75) is 38.6 Å². The molecule has 0 aromatic heterocycles. The van der Waals surface area contributed by atoms with Gasteiger partial charge >= 0.3 is 0 Å². The summed E-state index contributed by atoms with van der Waals surface area (Å²) in [7, 11) is 0. The fraction of sp³-hybridized carbons (Fsp3) is 0.462. The Morgan fingerprint density at radius 1 is 1.39 bits per heavy atom. The Bertz CT molecular complexity index is 414. The van der Waals surface area contributed by atoms with Crippen LogP contribution >= 0.6 is 11.6 Å². The summed E-state index contributed by atoms with van der Waals surface area (Å²) in [5.41, 5.74) is -1.35. The van der Waals surface area contributed by atoms with Crippen LogP contribution < -0.4 is 5.32 Å². The highest BCUT2D eigenvalue weighted by molar-refractivity contribution is 6.30. The quantitative estimate of drug-likeness (QED) is 0.886. The minimum atomic E-state index is -1.96. The second-order valence-electron chi connectivity index (χ2n) is 4.73. The van der Waals surface area contributed by atoms with Crippen molar-refractivity contribution in [3.05, 3.63) is 34.9 Å². The summed E-state index contributed by atoms with van der Waals surface area (Å²) in [6.45, 7) is 3.95. The molecule has 0 saturated carbocycles. The fourth-order valence-corrected chi connectivity index (χ4v) is 1.53. The van der Waals surface area contributed by atoms with E-state index < -0.39 is 23.7 Å². The van der Waals surface area contributed by atoms with Gasteiger partial charge < -0.3 is 10.4 Å². The molecular weight excluding hydrogens is 257 g/mol. The molecule has 2 atom stereocenters. The van der Waals surface area contributed by atoms with Crippen LogP contribution in [0.3, 0.4) is 0 Å². The average molecular weight is 274 g/mol. The minimum Gasteiger partial charge on any atom is -0.386 e. The second-order valence-corrected chi connectivity index (χ2v) is 5.17. The summed E-state index contributed by atoms with van der Waals surface area (Å²) in [5.74, 6) is -0.747. The molecule has 5 heteroatoms. The van der Waals surface area contributed by atoms with Crippen molar-refractivity contribution < 1.29 is 14.3 Å². The summed E-state index contributed by atoms with van der Waals surface area (Å²) in [6.07, 6.45) is -0.909. The third-order valence-electron chi connectivity index (χ3n) is 2.58. The first kappa shape index (κ1) is 14.9. The van der Waals surface area contributed by atoms with Gasteiger partial charge in [0.2, 0.25) is 0 Å². The first-order valence-electron chi connectivity index (χ1n) is 5.65. The van der Waals surface area contributed by atoms with E-state index in [-0.39, 0.29) is 0 Å². The molecule has 0 heterocycles. The zero-order valence-corrected chi connectivity index (χ0v) is 11.3. The molecule has 0 aliphatic carbocycles. The standard InChI is InChI=1S/C13H17ClFNO2/c1-8(16-12(18)13(2,3)15)11(17)9-4-6-10(14)7-5-9/h4-8,11,17H,1-3H3,(H,16,18). The molecule has 3 nitrogen and oxygen atoms in total. The van der Waals surface area contributed by atoms with Gasteiger partial charge in [-0.05, 0) is 38.5 Å². The predicted molar refractivity (Wildman–Crippen MR) is 69.2 cm³/mol. The van der Waals surface area contributed by atoms with Crippen molar-refractivity contribution in [2.75, 3.05) is 0 Å². The van der Waals surface area contributed by atoms with E-state index in [9.17, 15) is 14.3 Å². The first-order chi connectivity index (χ1) is 8.21. The average Bonchev–Trinajstić information content (AvgIpc) is 2.27. The summed E-state index contributed by atoms with van der Waals surface area (Å²) in [4.78, 5) is 11.4. The number of halogens is 2. The third-order valence-corrected chi connectivity index (χ3v) is 2.84. The zero-order valence-electron chi connectivity index (χ0n) is 10.6. The van der Waals surface area contributed by atoms with Gasteiger partial charge in [-0.2, -0.15) is 0 Å². The van der Waals surface area contributed by atoms with E-state index in [0.717, 1.165) is 0 Å². The van der Waals surface area contributed by atoms with Crippen LogP contribution in [0.15, 0.2) is 24.3 Å². The number of carbonyl (C=O) groups excluding carboxylic acids is 1. The van der Waals surface area contributed by atoms with Gasteiger partial charge in [0.1, 0.15) is 0 Å². The van der Waals surface area contributed by atoms with Crippen LogP contribution in [-0.4, -0.2) is 22.7 Å². The van der Waals surface area contributed by atoms with Crippen LogP contribution in [0.25, 0.3) is 0 Å². The summed E-state index contributed by atoms with van der Waals surface area (Å²) in [6, 6.07) is 6.03. The molecule has 18 heavy (non-hydrogen) atoms. The van der Waals surface area contributed by atoms with E-state index in [1.54, 1.807) is 31.2 Å². The highest BCUT2D eigenvalue weighted by atomic mass is 35.5. The summed E-state index contributed by atoms with van der Waals surface area (Å²) < 4.78 is 13.4. The third kappa shape index (κ3) is 3.96. The zero-order chi connectivity index (χ0) is 13.9. The Balaban J connectivity index is 2.70. The van der Waals surface area contributed by atoms with E-state index in [1.165, 1.54) is 13.8 Å². The molecule has 2 unspecified atom stereocenters. The van der Waals surface area contributed by atoms with Crippen LogP contribution in [-0.2, 0) is 4.79 Å². The van der Waals surface area contributed by atoms with Crippen molar-refractivity contribution in [1.82, 2.24) is 5.32 Å². The molecule has 100 valence electrons. The number of hydrogen-bond acceptors (Lipinski definition) is 2. The van der Waals surface area contributed by atoms with Gasteiger partial charge in [0, 0.05) is 5.02 Å². The van der Waals surface area contributed by atoms with Crippen molar-refractivity contribution in [1.29, 1.82) is 0 Å². The second kappa shape index (κ2) is 5.67. The molecule has 1 amide bonds. The molecule has 1 aromatic rings. The molecule has 0 spiro atoms. The monoisotopic (exact) mass is 273 g/mol. The van der Waals surface area contributed by atoms with Crippen LogP contribution in [0.2, 0.25) is 5.02 Å². The molecule has 2 N–H and O–H groups in total. The first-order valence-corrected chi connectivity index (χ1v) is 6.03. The maximum Gasteiger partial charge on any atom is 0.257 e. The lowest BCUT2D eigenvalue weighted by atomic mass is 10.0. The van der Waals surface area contributed by atoms with Crippen LogP contribution in [0, 0.1) is 0 Å². The lowest BCUT2D eigenvalue weighted by molar-refractivity contribution is -0.132. The number of aliphatic hydroxyl groups excluding tert-OH is 1. The topological polar surface area (TPSA) is 49.3 Å². The van der Waals surface area contributed by atoms with E-state index in [4.69, 9.17) is 11.6 Å². The highest BCUT2D eigenvalue weighted by Gasteiger charge is 2.29. The smallest absolute Gasteiger partial charge is 0.257 e. The molecule has 0 aliphatic rings. The van der Waals surface area contributed by atoms with E-state index in [1.807, 2.05) is 0 Å². The predicted octanol–water partition coefficient (Wildman–Crippen LogP) is 2.63. The Morgan fingerprint density at radius 2 is 1.89 bits per heavy atom. The Kier molecular flexibility index (Phi) is 4.71. The Hall–Kier alpha value is -1.13. The molecule has 0 bridgehead atoms. The van der Waals surface area contributed by atoms with Gasteiger partial charge in [0.05, 0.1) is 12.1 Å².